The summed E-state index contributed by atoms with van der Waals surface area (Å²) in [5.74, 6) is 0.737. The highest BCUT2D eigenvalue weighted by molar-refractivity contribution is 5.94. The molecule has 8 nitrogen and oxygen atoms in total. The first kappa shape index (κ1) is 21.1. The molecule has 0 spiro atoms. The summed E-state index contributed by atoms with van der Waals surface area (Å²) in [5.41, 5.74) is 1.87. The monoisotopic (exact) mass is 387 g/mol. The first-order chi connectivity index (χ1) is 13.4. The topological polar surface area (TPSA) is 104 Å². The highest BCUT2D eigenvalue weighted by atomic mass is 16.5. The molecule has 1 N–H and O–H groups in total. The Morgan fingerprint density at radius 2 is 1.89 bits per heavy atom. The summed E-state index contributed by atoms with van der Waals surface area (Å²) in [4.78, 5) is 36.8. The zero-order valence-corrected chi connectivity index (χ0v) is 16.2. The highest BCUT2D eigenvalue weighted by Gasteiger charge is 2.37. The van der Waals surface area contributed by atoms with Crippen molar-refractivity contribution in [2.24, 2.45) is 0 Å². The summed E-state index contributed by atoms with van der Waals surface area (Å²) in [5, 5.41) is 10.9. The maximum Gasteiger partial charge on any atom is 0.290 e. The molecule has 2 aromatic rings. The minimum absolute atomic E-state index is 0.0490. The molecule has 1 aromatic heterocycles. The first-order valence-electron chi connectivity index (χ1n) is 9.02. The molecule has 0 bridgehead atoms. The number of carboxylic acid groups (broad SMARTS) is 1. The van der Waals surface area contributed by atoms with E-state index in [0.29, 0.717) is 12.3 Å². The van der Waals surface area contributed by atoms with E-state index in [0.717, 1.165) is 11.3 Å². The van der Waals surface area contributed by atoms with E-state index in [1.54, 1.807) is 16.7 Å². The lowest BCUT2D eigenvalue weighted by atomic mass is 10.1. The van der Waals surface area contributed by atoms with Gasteiger partial charge in [0.2, 0.25) is 11.8 Å². The van der Waals surface area contributed by atoms with E-state index in [-0.39, 0.29) is 37.3 Å². The second-order valence-corrected chi connectivity index (χ2v) is 6.86. The van der Waals surface area contributed by atoms with Gasteiger partial charge in [-0.1, -0.05) is 49.3 Å². The van der Waals surface area contributed by atoms with Crippen molar-refractivity contribution < 1.29 is 24.0 Å². The number of amides is 2. The third-order valence-corrected chi connectivity index (χ3v) is 4.49. The number of aromatic nitrogens is 1. The van der Waals surface area contributed by atoms with Crippen molar-refractivity contribution in [3.05, 3.63) is 53.4 Å². The van der Waals surface area contributed by atoms with Crippen LogP contribution in [0.5, 0.6) is 0 Å². The molecule has 0 radical (unpaired) electrons. The van der Waals surface area contributed by atoms with Gasteiger partial charge in [0.25, 0.3) is 6.47 Å². The smallest absolute Gasteiger partial charge is 0.290 e. The molecule has 1 atom stereocenters. The molecule has 1 aliphatic rings. The van der Waals surface area contributed by atoms with Crippen LogP contribution in [0.3, 0.4) is 0 Å². The zero-order chi connectivity index (χ0) is 20.7. The van der Waals surface area contributed by atoms with Gasteiger partial charge in [0.1, 0.15) is 12.6 Å². The number of piperazine rings is 1. The molecule has 0 unspecified atom stereocenters. The lowest BCUT2D eigenvalue weighted by molar-refractivity contribution is -0.156. The maximum absolute atomic E-state index is 12.7. The van der Waals surface area contributed by atoms with Crippen LogP contribution < -0.4 is 0 Å². The second-order valence-electron chi connectivity index (χ2n) is 6.86. The predicted octanol–water partition coefficient (Wildman–Crippen LogP) is 2.26. The van der Waals surface area contributed by atoms with Crippen LogP contribution in [0.4, 0.5) is 0 Å². The van der Waals surface area contributed by atoms with Crippen molar-refractivity contribution in [1.82, 2.24) is 15.0 Å². The molecule has 150 valence electrons. The lowest BCUT2D eigenvalue weighted by Crippen LogP contribution is -2.57. The second kappa shape index (κ2) is 9.68. The average molecular weight is 387 g/mol. The van der Waals surface area contributed by atoms with Gasteiger partial charge in [-0.25, -0.2) is 0 Å². The Morgan fingerprint density at radius 3 is 2.46 bits per heavy atom. The predicted molar refractivity (Wildman–Crippen MR) is 101 cm³/mol. The van der Waals surface area contributed by atoms with Gasteiger partial charge < -0.3 is 19.4 Å². The van der Waals surface area contributed by atoms with E-state index in [4.69, 9.17) is 14.4 Å². The summed E-state index contributed by atoms with van der Waals surface area (Å²) in [7, 11) is 0. The summed E-state index contributed by atoms with van der Waals surface area (Å²) < 4.78 is 5.31. The molecule has 28 heavy (non-hydrogen) atoms. The van der Waals surface area contributed by atoms with Crippen molar-refractivity contribution in [2.75, 3.05) is 6.54 Å². The van der Waals surface area contributed by atoms with Gasteiger partial charge in [-0.05, 0) is 18.4 Å². The Kier molecular flexibility index (Phi) is 7.31. The van der Waals surface area contributed by atoms with Crippen molar-refractivity contribution in [2.45, 2.75) is 45.8 Å². The largest absolute Gasteiger partial charge is 0.483 e. The fraction of sp³-hybridized carbons (Fsp3) is 0.400. The number of benzene rings is 1. The Bertz CT molecular complexity index is 803. The van der Waals surface area contributed by atoms with Gasteiger partial charge in [-0.15, -0.1) is 0 Å². The SMILES string of the molecule is CC(C)c1cc(CN2C(=O)CN(Cc3ccccc3)C(=O)[C@@H]2C)on1.O=CO. The normalized spacial score (nSPS) is 16.8. The molecule has 1 aliphatic heterocycles. The minimum Gasteiger partial charge on any atom is -0.483 e. The van der Waals surface area contributed by atoms with Crippen molar-refractivity contribution in [3.63, 3.8) is 0 Å². The van der Waals surface area contributed by atoms with Crippen molar-refractivity contribution >= 4 is 18.3 Å². The van der Waals surface area contributed by atoms with Gasteiger partial charge >= 0.3 is 0 Å². The quantitative estimate of drug-likeness (QED) is 0.789. The van der Waals surface area contributed by atoms with Crippen LogP contribution in [0.1, 0.15) is 43.7 Å². The molecule has 8 heteroatoms. The van der Waals surface area contributed by atoms with E-state index in [1.807, 2.05) is 50.2 Å². The molecule has 0 aliphatic carbocycles. The highest BCUT2D eigenvalue weighted by Crippen LogP contribution is 2.20. The van der Waals surface area contributed by atoms with Gasteiger partial charge in [-0.2, -0.15) is 0 Å². The Morgan fingerprint density at radius 1 is 1.25 bits per heavy atom. The zero-order valence-electron chi connectivity index (χ0n) is 16.2. The van der Waals surface area contributed by atoms with Gasteiger partial charge in [0.05, 0.1) is 12.2 Å². The van der Waals surface area contributed by atoms with Crippen LogP contribution in [-0.4, -0.2) is 50.9 Å². The molecule has 1 saturated heterocycles. The fourth-order valence-corrected chi connectivity index (χ4v) is 2.95. The van der Waals surface area contributed by atoms with Crippen LogP contribution in [0.25, 0.3) is 0 Å². The van der Waals surface area contributed by atoms with E-state index in [2.05, 4.69) is 5.16 Å². The Labute approximate surface area is 163 Å². The molecule has 1 fully saturated rings. The van der Waals surface area contributed by atoms with Crippen LogP contribution in [0.2, 0.25) is 0 Å². The Balaban J connectivity index is 0.000000878. The average Bonchev–Trinajstić information content (AvgIpc) is 3.14. The van der Waals surface area contributed by atoms with Gasteiger partial charge in [0, 0.05) is 12.6 Å². The maximum atomic E-state index is 12.7. The number of hydrogen-bond donors (Lipinski definition) is 1. The van der Waals surface area contributed by atoms with E-state index in [1.165, 1.54) is 0 Å². The summed E-state index contributed by atoms with van der Waals surface area (Å²) >= 11 is 0. The van der Waals surface area contributed by atoms with Crippen LogP contribution in [0, 0.1) is 0 Å². The lowest BCUT2D eigenvalue weighted by Gasteiger charge is -2.38. The summed E-state index contributed by atoms with van der Waals surface area (Å²) in [6.07, 6.45) is 0. The number of hydrogen-bond acceptors (Lipinski definition) is 5. The van der Waals surface area contributed by atoms with Crippen molar-refractivity contribution in [3.8, 4) is 0 Å². The van der Waals surface area contributed by atoms with Gasteiger partial charge in [-0.3, -0.25) is 14.4 Å². The van der Waals surface area contributed by atoms with Gasteiger partial charge in [0.15, 0.2) is 5.76 Å². The third kappa shape index (κ3) is 5.18. The van der Waals surface area contributed by atoms with E-state index >= 15 is 0 Å². The molecule has 3 rings (SSSR count). The molecular formula is C20H25N3O5. The number of carbonyl (C=O) groups excluding carboxylic acids is 2. The molecule has 2 amide bonds. The van der Waals surface area contributed by atoms with Crippen LogP contribution in [0.15, 0.2) is 40.9 Å². The van der Waals surface area contributed by atoms with Crippen LogP contribution in [-0.2, 0) is 27.5 Å². The summed E-state index contributed by atoms with van der Waals surface area (Å²) in [6.45, 7) is 6.37. The number of nitrogens with zero attached hydrogens (tertiary/aromatic N) is 3. The van der Waals surface area contributed by atoms with E-state index in [9.17, 15) is 9.59 Å². The molecular weight excluding hydrogens is 362 g/mol. The Hall–Kier alpha value is -3.16. The van der Waals surface area contributed by atoms with E-state index < -0.39 is 6.04 Å². The fourth-order valence-electron chi connectivity index (χ4n) is 2.95. The minimum atomic E-state index is -0.516. The van der Waals surface area contributed by atoms with Crippen LogP contribution >= 0.6 is 0 Å². The number of carbonyl (C=O) groups is 3. The first-order valence-corrected chi connectivity index (χ1v) is 9.02. The third-order valence-electron chi connectivity index (χ3n) is 4.49. The summed E-state index contributed by atoms with van der Waals surface area (Å²) in [6, 6.07) is 11.0. The molecule has 2 heterocycles. The molecule has 1 aromatic carbocycles. The molecule has 0 saturated carbocycles. The standard InChI is InChI=1S/C19H23N3O3.CH2O2/c1-13(2)17-9-16(25-20-17)11-22-14(3)19(24)21(12-18(22)23)10-15-7-5-4-6-8-15;2-1-3/h4-9,13-14H,10-12H2,1-3H3;1H,(H,2,3)/t14-;/m0./s1. The number of rotatable bonds is 5. The van der Waals surface area contributed by atoms with Crippen molar-refractivity contribution in [1.29, 1.82) is 0 Å².